The molecular formula is C19H17N2O2+. The molecule has 4 nitrogen and oxygen atoms in total. The van der Waals surface area contributed by atoms with Crippen LogP contribution >= 0.6 is 0 Å². The highest BCUT2D eigenvalue weighted by Gasteiger charge is 2.27. The molecule has 2 aliphatic heterocycles. The standard InChI is InChI=1S/C19H16N2O2/c1-2-5-15-14(4-1)11-20-19(16-6-3-9-21(15)16)13-7-8-17-18(10-13)23-12-22-17/h1-10,19-20H,11-12H2/p+1/t19-/m1/s1. The molecule has 1 aromatic heterocycles. The minimum Gasteiger partial charge on any atom is -0.454 e. The summed E-state index contributed by atoms with van der Waals surface area (Å²) in [6, 6.07) is 19.4. The maximum atomic E-state index is 5.55. The number of rotatable bonds is 1. The van der Waals surface area contributed by atoms with Gasteiger partial charge < -0.3 is 19.4 Å². The lowest BCUT2D eigenvalue weighted by Crippen LogP contribution is -2.83. The highest BCUT2D eigenvalue weighted by Crippen LogP contribution is 2.35. The number of nitrogens with zero attached hydrogens (tertiary/aromatic N) is 1. The van der Waals surface area contributed by atoms with Gasteiger partial charge in [-0.25, -0.2) is 0 Å². The minimum absolute atomic E-state index is 0.242. The second-order valence-electron chi connectivity index (χ2n) is 5.96. The highest BCUT2D eigenvalue weighted by atomic mass is 16.7. The second kappa shape index (κ2) is 4.89. The number of hydrogen-bond donors (Lipinski definition) is 1. The Kier molecular flexibility index (Phi) is 2.72. The zero-order valence-electron chi connectivity index (χ0n) is 12.6. The first kappa shape index (κ1) is 12.8. The van der Waals surface area contributed by atoms with Gasteiger partial charge in [0.25, 0.3) is 0 Å². The lowest BCUT2D eigenvalue weighted by atomic mass is 10.0. The van der Waals surface area contributed by atoms with E-state index in [4.69, 9.17) is 9.47 Å². The fourth-order valence-corrected chi connectivity index (χ4v) is 3.56. The largest absolute Gasteiger partial charge is 0.454 e. The molecule has 0 fully saturated rings. The van der Waals surface area contributed by atoms with Crippen molar-refractivity contribution in [3.8, 4) is 17.2 Å². The summed E-state index contributed by atoms with van der Waals surface area (Å²) in [4.78, 5) is 0. The van der Waals surface area contributed by atoms with Gasteiger partial charge in [0, 0.05) is 17.3 Å². The number of aromatic nitrogens is 1. The molecule has 23 heavy (non-hydrogen) atoms. The number of fused-ring (bicyclic) bond motifs is 4. The molecule has 0 saturated heterocycles. The van der Waals surface area contributed by atoms with Crippen LogP contribution in [0.5, 0.6) is 11.5 Å². The third-order valence-electron chi connectivity index (χ3n) is 4.68. The van der Waals surface area contributed by atoms with Crippen molar-refractivity contribution in [2.24, 2.45) is 0 Å². The zero-order valence-corrected chi connectivity index (χ0v) is 12.6. The Bertz CT molecular complexity index is 885. The Morgan fingerprint density at radius 3 is 2.87 bits per heavy atom. The summed E-state index contributed by atoms with van der Waals surface area (Å²) in [6.07, 6.45) is 2.15. The van der Waals surface area contributed by atoms with Gasteiger partial charge in [-0.15, -0.1) is 0 Å². The van der Waals surface area contributed by atoms with E-state index < -0.39 is 0 Å². The van der Waals surface area contributed by atoms with E-state index in [9.17, 15) is 0 Å². The molecular weight excluding hydrogens is 288 g/mol. The first-order valence-corrected chi connectivity index (χ1v) is 7.88. The average molecular weight is 305 g/mol. The molecule has 114 valence electrons. The van der Waals surface area contributed by atoms with Crippen molar-refractivity contribution in [3.05, 3.63) is 77.6 Å². The van der Waals surface area contributed by atoms with Gasteiger partial charge in [0.2, 0.25) is 6.79 Å². The molecule has 3 aromatic rings. The van der Waals surface area contributed by atoms with Gasteiger partial charge in [-0.3, -0.25) is 0 Å². The third-order valence-corrected chi connectivity index (χ3v) is 4.68. The maximum Gasteiger partial charge on any atom is 0.231 e. The van der Waals surface area contributed by atoms with Crippen molar-refractivity contribution in [2.75, 3.05) is 6.79 Å². The quantitative estimate of drug-likeness (QED) is 0.750. The topological polar surface area (TPSA) is 40.0 Å². The molecule has 0 radical (unpaired) electrons. The van der Waals surface area contributed by atoms with Crippen LogP contribution in [-0.4, -0.2) is 11.4 Å². The monoisotopic (exact) mass is 305 g/mol. The lowest BCUT2D eigenvalue weighted by Gasteiger charge is -2.15. The fourth-order valence-electron chi connectivity index (χ4n) is 3.56. The molecule has 0 amide bonds. The van der Waals surface area contributed by atoms with Gasteiger partial charge in [-0.05, 0) is 36.4 Å². The molecule has 2 aromatic carbocycles. The van der Waals surface area contributed by atoms with E-state index in [1.165, 1.54) is 22.5 Å². The number of hydrogen-bond acceptors (Lipinski definition) is 2. The van der Waals surface area contributed by atoms with Crippen LogP contribution < -0.4 is 14.8 Å². The van der Waals surface area contributed by atoms with Crippen LogP contribution in [0.25, 0.3) is 5.69 Å². The van der Waals surface area contributed by atoms with Crippen LogP contribution in [0.3, 0.4) is 0 Å². The molecule has 1 atom stereocenters. The fraction of sp³-hybridized carbons (Fsp3) is 0.158. The zero-order chi connectivity index (χ0) is 15.2. The van der Waals surface area contributed by atoms with Crippen LogP contribution in [-0.2, 0) is 6.54 Å². The van der Waals surface area contributed by atoms with Crippen molar-refractivity contribution in [1.29, 1.82) is 0 Å². The van der Waals surface area contributed by atoms with E-state index in [1.54, 1.807) is 0 Å². The summed E-state index contributed by atoms with van der Waals surface area (Å²) in [6.45, 7) is 1.27. The number of nitrogens with two attached hydrogens (primary N) is 1. The average Bonchev–Trinajstić information content (AvgIpc) is 3.22. The van der Waals surface area contributed by atoms with Crippen LogP contribution in [0.2, 0.25) is 0 Å². The first-order valence-electron chi connectivity index (χ1n) is 7.88. The van der Waals surface area contributed by atoms with E-state index in [2.05, 4.69) is 64.6 Å². The summed E-state index contributed by atoms with van der Waals surface area (Å²) in [5.41, 5.74) is 5.15. The molecule has 2 aliphatic rings. The van der Waals surface area contributed by atoms with Crippen LogP contribution in [0.4, 0.5) is 0 Å². The number of quaternary nitrogens is 1. The summed E-state index contributed by atoms with van der Waals surface area (Å²) in [5, 5.41) is 2.38. The van der Waals surface area contributed by atoms with E-state index in [0.717, 1.165) is 18.0 Å². The molecule has 4 heteroatoms. The molecule has 3 heterocycles. The van der Waals surface area contributed by atoms with Crippen molar-refractivity contribution < 1.29 is 14.8 Å². The third kappa shape index (κ3) is 1.95. The van der Waals surface area contributed by atoms with Crippen molar-refractivity contribution in [3.63, 3.8) is 0 Å². The SMILES string of the molecule is c1ccc2c(c1)C[NH2+][C@H](c1ccc3c(c1)OCO3)c1cccn1-2. The molecule has 0 bridgehead atoms. The van der Waals surface area contributed by atoms with E-state index >= 15 is 0 Å². The van der Waals surface area contributed by atoms with Gasteiger partial charge in [0.05, 0.1) is 11.4 Å². The molecule has 5 rings (SSSR count). The summed E-state index contributed by atoms with van der Waals surface area (Å²) < 4.78 is 13.3. The molecule has 0 saturated carbocycles. The Balaban J connectivity index is 1.63. The summed E-state index contributed by atoms with van der Waals surface area (Å²) in [5.74, 6) is 1.68. The van der Waals surface area contributed by atoms with Crippen LogP contribution in [0, 0.1) is 0 Å². The summed E-state index contributed by atoms with van der Waals surface area (Å²) >= 11 is 0. The number of benzene rings is 2. The predicted molar refractivity (Wildman–Crippen MR) is 85.8 cm³/mol. The van der Waals surface area contributed by atoms with Crippen LogP contribution in [0.15, 0.2) is 60.8 Å². The Morgan fingerprint density at radius 2 is 1.87 bits per heavy atom. The Morgan fingerprint density at radius 1 is 0.957 bits per heavy atom. The maximum absolute atomic E-state index is 5.55. The lowest BCUT2D eigenvalue weighted by molar-refractivity contribution is -0.702. The first-order chi connectivity index (χ1) is 11.4. The Labute approximate surface area is 134 Å². The summed E-state index contributed by atoms with van der Waals surface area (Å²) in [7, 11) is 0. The highest BCUT2D eigenvalue weighted by molar-refractivity contribution is 5.48. The molecule has 2 N–H and O–H groups in total. The van der Waals surface area contributed by atoms with Gasteiger partial charge >= 0.3 is 0 Å². The van der Waals surface area contributed by atoms with Gasteiger partial charge in [-0.2, -0.15) is 0 Å². The molecule has 0 spiro atoms. The predicted octanol–water partition coefficient (Wildman–Crippen LogP) is 2.37. The van der Waals surface area contributed by atoms with E-state index in [0.29, 0.717) is 6.79 Å². The van der Waals surface area contributed by atoms with Gasteiger partial charge in [0.1, 0.15) is 6.54 Å². The molecule has 0 unspecified atom stereocenters. The molecule has 0 aliphatic carbocycles. The van der Waals surface area contributed by atoms with Crippen molar-refractivity contribution in [2.45, 2.75) is 12.6 Å². The van der Waals surface area contributed by atoms with Crippen molar-refractivity contribution >= 4 is 0 Å². The van der Waals surface area contributed by atoms with Crippen molar-refractivity contribution in [1.82, 2.24) is 4.57 Å². The van der Waals surface area contributed by atoms with Gasteiger partial charge in [0.15, 0.2) is 17.5 Å². The van der Waals surface area contributed by atoms with Crippen LogP contribution in [0.1, 0.15) is 22.9 Å². The van der Waals surface area contributed by atoms with E-state index in [1.807, 2.05) is 6.07 Å². The normalized spacial score (nSPS) is 18.2. The second-order valence-corrected chi connectivity index (χ2v) is 5.96. The number of ether oxygens (including phenoxy) is 2. The van der Waals surface area contributed by atoms with E-state index in [-0.39, 0.29) is 6.04 Å². The number of para-hydroxylation sites is 1. The minimum atomic E-state index is 0.242. The smallest absolute Gasteiger partial charge is 0.231 e. The van der Waals surface area contributed by atoms with Gasteiger partial charge in [-0.1, -0.05) is 18.2 Å². The Hall–Kier alpha value is -2.72.